The number of aliphatic hydroxyl groups excluding tert-OH is 1. The highest BCUT2D eigenvalue weighted by atomic mass is 16.6. The fourth-order valence-corrected chi connectivity index (χ4v) is 4.92. The van der Waals surface area contributed by atoms with Crippen LogP contribution in [0.15, 0.2) is 55.0 Å². The Kier molecular flexibility index (Phi) is 12.2. The molecule has 0 spiro atoms. The molecule has 2 unspecified atom stereocenters. The molecule has 43 heavy (non-hydrogen) atoms. The maximum atomic E-state index is 13.8. The number of aromatic amines is 1. The van der Waals surface area contributed by atoms with E-state index in [1.54, 1.807) is 13.8 Å². The van der Waals surface area contributed by atoms with Gasteiger partial charge in [0.15, 0.2) is 6.10 Å². The number of esters is 2. The van der Waals surface area contributed by atoms with Crippen LogP contribution in [0.1, 0.15) is 51.8 Å². The summed E-state index contributed by atoms with van der Waals surface area (Å²) in [4.78, 5) is 59.2. The monoisotopic (exact) mass is 594 g/mol. The molecule has 4 N–H and O–H groups in total. The van der Waals surface area contributed by atoms with Gasteiger partial charge in [-0.1, -0.05) is 56.3 Å². The van der Waals surface area contributed by atoms with Gasteiger partial charge in [-0.25, -0.2) is 9.78 Å². The van der Waals surface area contributed by atoms with Crippen LogP contribution in [0.4, 0.5) is 0 Å². The lowest BCUT2D eigenvalue weighted by Crippen LogP contribution is -2.56. The number of aromatic nitrogens is 2. The molecule has 4 atom stereocenters. The zero-order valence-corrected chi connectivity index (χ0v) is 25.3. The second kappa shape index (κ2) is 15.8. The van der Waals surface area contributed by atoms with Crippen molar-refractivity contribution in [2.24, 2.45) is 11.8 Å². The van der Waals surface area contributed by atoms with Crippen molar-refractivity contribution < 1.29 is 33.8 Å². The predicted molar refractivity (Wildman–Crippen MR) is 161 cm³/mol. The summed E-state index contributed by atoms with van der Waals surface area (Å²) in [6.07, 6.45) is 1.33. The smallest absolute Gasteiger partial charge is 0.337 e. The number of carbonyl (C=O) groups excluding carboxylic acids is 4. The van der Waals surface area contributed by atoms with Gasteiger partial charge in [-0.3, -0.25) is 14.4 Å². The number of hydrogen-bond donors (Lipinski definition) is 4. The number of hydrogen-bond acceptors (Lipinski definition) is 8. The SMILES string of the molecule is COC(=O)CC(Cc1cccc2ccccc12)C(=O)N[C@@H](Cc1cnc[nH]1)C(=O)N[C@@H](CC(C)C)C(O)C(=O)OC(C)C. The van der Waals surface area contributed by atoms with Crippen molar-refractivity contribution >= 4 is 34.5 Å². The number of ether oxygens (including phenoxy) is 2. The second-order valence-electron chi connectivity index (χ2n) is 11.3. The minimum absolute atomic E-state index is 0.0255. The van der Waals surface area contributed by atoms with Gasteiger partial charge in [-0.15, -0.1) is 0 Å². The van der Waals surface area contributed by atoms with Crippen LogP contribution < -0.4 is 10.6 Å². The topological polar surface area (TPSA) is 160 Å². The summed E-state index contributed by atoms with van der Waals surface area (Å²) in [7, 11) is 1.26. The van der Waals surface area contributed by atoms with E-state index in [-0.39, 0.29) is 31.6 Å². The van der Waals surface area contributed by atoms with Crippen LogP contribution in [0, 0.1) is 11.8 Å². The molecule has 0 fully saturated rings. The molecular weight excluding hydrogens is 552 g/mol. The van der Waals surface area contributed by atoms with E-state index < -0.39 is 54.0 Å². The quantitative estimate of drug-likeness (QED) is 0.196. The van der Waals surface area contributed by atoms with E-state index in [1.807, 2.05) is 56.3 Å². The minimum Gasteiger partial charge on any atom is -0.469 e. The third-order valence-electron chi connectivity index (χ3n) is 7.00. The van der Waals surface area contributed by atoms with E-state index >= 15 is 0 Å². The Labute approximate surface area is 251 Å². The van der Waals surface area contributed by atoms with Crippen LogP contribution in [0.2, 0.25) is 0 Å². The third-order valence-corrected chi connectivity index (χ3v) is 7.00. The fourth-order valence-electron chi connectivity index (χ4n) is 4.92. The Morgan fingerprint density at radius 2 is 1.67 bits per heavy atom. The molecule has 11 nitrogen and oxygen atoms in total. The number of nitrogens with zero attached hydrogens (tertiary/aromatic N) is 1. The van der Waals surface area contributed by atoms with Gasteiger partial charge >= 0.3 is 11.9 Å². The van der Waals surface area contributed by atoms with Crippen LogP contribution in [-0.4, -0.2) is 70.2 Å². The Balaban J connectivity index is 1.87. The number of benzene rings is 2. The first-order valence-corrected chi connectivity index (χ1v) is 14.5. The van der Waals surface area contributed by atoms with E-state index in [0.29, 0.717) is 5.69 Å². The molecule has 3 rings (SSSR count). The summed E-state index contributed by atoms with van der Waals surface area (Å²) in [5.74, 6) is -3.34. The number of H-pyrrole nitrogens is 1. The highest BCUT2D eigenvalue weighted by Gasteiger charge is 2.34. The zero-order chi connectivity index (χ0) is 31.5. The molecule has 0 radical (unpaired) electrons. The normalized spacial score (nSPS) is 14.1. The first-order valence-electron chi connectivity index (χ1n) is 14.5. The molecule has 0 saturated heterocycles. The second-order valence-corrected chi connectivity index (χ2v) is 11.3. The molecule has 0 bridgehead atoms. The molecule has 11 heteroatoms. The van der Waals surface area contributed by atoms with Crippen LogP contribution in [0.3, 0.4) is 0 Å². The predicted octanol–water partition coefficient (Wildman–Crippen LogP) is 2.86. The highest BCUT2D eigenvalue weighted by Crippen LogP contribution is 2.23. The lowest BCUT2D eigenvalue weighted by Gasteiger charge is -2.28. The number of carbonyl (C=O) groups is 4. The maximum absolute atomic E-state index is 13.8. The summed E-state index contributed by atoms with van der Waals surface area (Å²) in [6.45, 7) is 7.13. The van der Waals surface area contributed by atoms with E-state index in [9.17, 15) is 24.3 Å². The highest BCUT2D eigenvalue weighted by molar-refractivity contribution is 5.92. The molecule has 2 amide bonds. The number of fused-ring (bicyclic) bond motifs is 1. The Morgan fingerprint density at radius 1 is 0.953 bits per heavy atom. The summed E-state index contributed by atoms with van der Waals surface area (Å²) < 4.78 is 10.0. The van der Waals surface area contributed by atoms with Gasteiger partial charge in [0, 0.05) is 18.3 Å². The number of nitrogens with one attached hydrogen (secondary N) is 3. The molecule has 1 aromatic heterocycles. The average Bonchev–Trinajstić information content (AvgIpc) is 3.48. The summed E-state index contributed by atoms with van der Waals surface area (Å²) in [5.41, 5.74) is 1.46. The van der Waals surface area contributed by atoms with E-state index in [0.717, 1.165) is 16.3 Å². The van der Waals surface area contributed by atoms with Crippen LogP contribution in [0.5, 0.6) is 0 Å². The van der Waals surface area contributed by atoms with Crippen molar-refractivity contribution in [1.29, 1.82) is 0 Å². The van der Waals surface area contributed by atoms with Gasteiger partial charge in [-0.05, 0) is 48.9 Å². The van der Waals surface area contributed by atoms with Crippen molar-refractivity contribution in [3.8, 4) is 0 Å². The number of amides is 2. The first-order chi connectivity index (χ1) is 20.5. The number of aliphatic hydroxyl groups is 1. The van der Waals surface area contributed by atoms with Crippen molar-refractivity contribution in [2.75, 3.05) is 7.11 Å². The Bertz CT molecular complexity index is 1370. The molecule has 2 aromatic carbocycles. The molecule has 232 valence electrons. The van der Waals surface area contributed by atoms with E-state index in [2.05, 4.69) is 20.6 Å². The number of imidazole rings is 1. The molecule has 1 heterocycles. The van der Waals surface area contributed by atoms with Gasteiger partial charge < -0.3 is 30.2 Å². The molecule has 0 saturated carbocycles. The largest absolute Gasteiger partial charge is 0.469 e. The molecule has 0 aliphatic rings. The maximum Gasteiger partial charge on any atom is 0.337 e. The fraction of sp³-hybridized carbons (Fsp3) is 0.469. The van der Waals surface area contributed by atoms with E-state index in [1.165, 1.54) is 19.6 Å². The lowest BCUT2D eigenvalue weighted by atomic mass is 9.91. The van der Waals surface area contributed by atoms with Gasteiger partial charge in [0.1, 0.15) is 6.04 Å². The van der Waals surface area contributed by atoms with Gasteiger partial charge in [0.2, 0.25) is 11.8 Å². The zero-order valence-electron chi connectivity index (χ0n) is 25.3. The number of rotatable bonds is 15. The number of methoxy groups -OCH3 is 1. The van der Waals surface area contributed by atoms with Crippen molar-refractivity contribution in [3.05, 3.63) is 66.2 Å². The third kappa shape index (κ3) is 9.92. The molecular formula is C32H42N4O7. The van der Waals surface area contributed by atoms with Crippen molar-refractivity contribution in [1.82, 2.24) is 20.6 Å². The minimum atomic E-state index is -1.60. The van der Waals surface area contributed by atoms with Gasteiger partial charge in [0.05, 0.1) is 37.9 Å². The van der Waals surface area contributed by atoms with E-state index in [4.69, 9.17) is 9.47 Å². The Hall–Kier alpha value is -4.25. The van der Waals surface area contributed by atoms with Crippen molar-refractivity contribution in [2.45, 2.75) is 77.7 Å². The lowest BCUT2D eigenvalue weighted by molar-refractivity contribution is -0.159. The summed E-state index contributed by atoms with van der Waals surface area (Å²) in [6, 6.07) is 11.5. The average molecular weight is 595 g/mol. The van der Waals surface area contributed by atoms with Gasteiger partial charge in [0.25, 0.3) is 0 Å². The van der Waals surface area contributed by atoms with Crippen LogP contribution in [-0.2, 0) is 41.5 Å². The standard InChI is InChI=1S/C32H42N4O7/c1-19(2)13-26(29(38)32(41)43-20(3)4)35-31(40)27(16-24-17-33-18-34-24)36-30(39)23(15-28(37)42-5)14-22-11-8-10-21-9-6-7-12-25(21)22/h6-12,17-20,23,26-27,29,38H,13-16H2,1-5H3,(H,33,34)(H,35,40)(H,36,39)/t23?,26-,27-,29?/m0/s1. The van der Waals surface area contributed by atoms with Crippen LogP contribution >= 0.6 is 0 Å². The molecule has 0 aliphatic carbocycles. The summed E-state index contributed by atoms with van der Waals surface area (Å²) in [5, 5.41) is 18.3. The Morgan fingerprint density at radius 3 is 2.33 bits per heavy atom. The first kappa shape index (κ1) is 33.3. The summed E-state index contributed by atoms with van der Waals surface area (Å²) >= 11 is 0. The molecule has 3 aromatic rings. The van der Waals surface area contributed by atoms with Crippen molar-refractivity contribution in [3.63, 3.8) is 0 Å². The van der Waals surface area contributed by atoms with Crippen LogP contribution in [0.25, 0.3) is 10.8 Å². The van der Waals surface area contributed by atoms with Gasteiger partial charge in [-0.2, -0.15) is 0 Å². The molecule has 0 aliphatic heterocycles.